The second-order valence-corrected chi connectivity index (χ2v) is 10.3. The second kappa shape index (κ2) is 12.1. The summed E-state index contributed by atoms with van der Waals surface area (Å²) in [5, 5.41) is 6.27. The molecule has 0 unspecified atom stereocenters. The summed E-state index contributed by atoms with van der Waals surface area (Å²) in [5.41, 5.74) is 0.528. The predicted molar refractivity (Wildman–Crippen MR) is 154 cm³/mol. The molecule has 10 nitrogen and oxygen atoms in total. The Kier molecular flexibility index (Phi) is 7.93. The van der Waals surface area contributed by atoms with Gasteiger partial charge in [-0.15, -0.1) is 0 Å². The zero-order valence-electron chi connectivity index (χ0n) is 22.8. The summed E-state index contributed by atoms with van der Waals surface area (Å²) in [7, 11) is 0. The molecule has 2 aromatic heterocycles. The van der Waals surface area contributed by atoms with Gasteiger partial charge in [-0.05, 0) is 67.4 Å². The molecule has 2 aromatic carbocycles. The van der Waals surface area contributed by atoms with E-state index in [4.69, 9.17) is 14.2 Å². The molecule has 3 heterocycles. The minimum Gasteiger partial charge on any atom is -0.476 e. The fourth-order valence-electron chi connectivity index (χ4n) is 4.72. The molecule has 1 saturated heterocycles. The van der Waals surface area contributed by atoms with Crippen molar-refractivity contribution in [3.63, 3.8) is 0 Å². The number of benzene rings is 2. The Morgan fingerprint density at radius 3 is 2.26 bits per heavy atom. The molecule has 2 N–H and O–H groups in total. The molecular formula is C31H30FN5O5. The van der Waals surface area contributed by atoms with Gasteiger partial charge in [-0.25, -0.2) is 9.37 Å². The summed E-state index contributed by atoms with van der Waals surface area (Å²) >= 11 is 0. The number of halogens is 1. The molecule has 0 spiro atoms. The van der Waals surface area contributed by atoms with E-state index < -0.39 is 17.1 Å². The van der Waals surface area contributed by atoms with Crippen molar-refractivity contribution in [1.29, 1.82) is 0 Å². The SMILES string of the molecule is O=C(Nc1ccc(F)cc1)C1(C(=O)Nc2ccc(Oc3ccnc4cc(OCCN5CCOCC5)ncc34)cc2)CC1. The fourth-order valence-corrected chi connectivity index (χ4v) is 4.72. The lowest BCUT2D eigenvalue weighted by Gasteiger charge is -2.26. The normalized spacial score (nSPS) is 16.0. The third kappa shape index (κ3) is 6.32. The zero-order valence-corrected chi connectivity index (χ0v) is 22.8. The number of nitrogens with zero attached hydrogens (tertiary/aromatic N) is 3. The number of rotatable bonds is 10. The fraction of sp³-hybridized carbons (Fsp3) is 0.290. The van der Waals surface area contributed by atoms with Crippen LogP contribution in [0.4, 0.5) is 15.8 Å². The Morgan fingerprint density at radius 1 is 0.929 bits per heavy atom. The number of hydrogen-bond donors (Lipinski definition) is 2. The van der Waals surface area contributed by atoms with Crippen LogP contribution in [0.25, 0.3) is 10.9 Å². The number of ether oxygens (including phenoxy) is 3. The van der Waals surface area contributed by atoms with Crippen LogP contribution in [0, 0.1) is 11.2 Å². The Labute approximate surface area is 241 Å². The molecule has 4 aromatic rings. The van der Waals surface area contributed by atoms with Gasteiger partial charge in [0.1, 0.15) is 29.3 Å². The van der Waals surface area contributed by atoms with Gasteiger partial charge in [-0.3, -0.25) is 19.5 Å². The minimum absolute atomic E-state index is 0.384. The molecule has 2 amide bonds. The molecule has 6 rings (SSSR count). The molecule has 1 saturated carbocycles. The number of pyridine rings is 2. The van der Waals surface area contributed by atoms with Gasteiger partial charge in [-0.1, -0.05) is 0 Å². The van der Waals surface area contributed by atoms with Crippen molar-refractivity contribution < 1.29 is 28.2 Å². The number of nitrogens with one attached hydrogen (secondary N) is 2. The van der Waals surface area contributed by atoms with E-state index >= 15 is 0 Å². The van der Waals surface area contributed by atoms with Gasteiger partial charge < -0.3 is 24.8 Å². The lowest BCUT2D eigenvalue weighted by Crippen LogP contribution is -2.38. The van der Waals surface area contributed by atoms with Gasteiger partial charge in [-0.2, -0.15) is 0 Å². The smallest absolute Gasteiger partial charge is 0.240 e. The van der Waals surface area contributed by atoms with Crippen LogP contribution in [-0.2, 0) is 14.3 Å². The van der Waals surface area contributed by atoms with Crippen molar-refractivity contribution in [2.45, 2.75) is 12.8 Å². The topological polar surface area (TPSA) is 115 Å². The van der Waals surface area contributed by atoms with Crippen LogP contribution >= 0.6 is 0 Å². The van der Waals surface area contributed by atoms with Crippen molar-refractivity contribution in [2.75, 3.05) is 50.1 Å². The predicted octanol–water partition coefficient (Wildman–Crippen LogP) is 4.63. The maximum Gasteiger partial charge on any atom is 0.240 e. The Hall–Kier alpha value is -4.61. The van der Waals surface area contributed by atoms with Gasteiger partial charge in [0.2, 0.25) is 17.7 Å². The summed E-state index contributed by atoms with van der Waals surface area (Å²) in [6.07, 6.45) is 4.23. The monoisotopic (exact) mass is 571 g/mol. The highest BCUT2D eigenvalue weighted by molar-refractivity contribution is 6.16. The molecule has 1 aliphatic heterocycles. The van der Waals surface area contributed by atoms with Crippen LogP contribution < -0.4 is 20.1 Å². The van der Waals surface area contributed by atoms with E-state index in [0.29, 0.717) is 53.7 Å². The maximum absolute atomic E-state index is 13.2. The number of carbonyl (C=O) groups is 2. The highest BCUT2D eigenvalue weighted by atomic mass is 19.1. The lowest BCUT2D eigenvalue weighted by molar-refractivity contribution is -0.131. The van der Waals surface area contributed by atoms with Crippen LogP contribution in [0.1, 0.15) is 12.8 Å². The van der Waals surface area contributed by atoms with Gasteiger partial charge in [0.05, 0.1) is 24.1 Å². The first-order chi connectivity index (χ1) is 20.5. The quantitative estimate of drug-likeness (QED) is 0.265. The molecule has 11 heteroatoms. The minimum atomic E-state index is -1.14. The van der Waals surface area contributed by atoms with Crippen LogP contribution in [0.3, 0.4) is 0 Å². The summed E-state index contributed by atoms with van der Waals surface area (Å²) in [5.74, 6) is 0.447. The second-order valence-electron chi connectivity index (χ2n) is 10.3. The lowest BCUT2D eigenvalue weighted by atomic mass is 10.0. The van der Waals surface area contributed by atoms with Crippen molar-refractivity contribution >= 4 is 34.1 Å². The molecule has 0 radical (unpaired) electrons. The number of aromatic nitrogens is 2. The van der Waals surface area contributed by atoms with Gasteiger partial charge >= 0.3 is 0 Å². The summed E-state index contributed by atoms with van der Waals surface area (Å²) in [4.78, 5) is 37.0. The summed E-state index contributed by atoms with van der Waals surface area (Å²) in [6, 6.07) is 15.9. The van der Waals surface area contributed by atoms with E-state index in [1.807, 2.05) is 0 Å². The van der Waals surface area contributed by atoms with E-state index in [0.717, 1.165) is 38.2 Å². The van der Waals surface area contributed by atoms with Crippen LogP contribution in [0.2, 0.25) is 0 Å². The zero-order chi connectivity index (χ0) is 28.9. The van der Waals surface area contributed by atoms with Gasteiger partial charge in [0, 0.05) is 49.5 Å². The van der Waals surface area contributed by atoms with E-state index in [1.165, 1.54) is 24.3 Å². The Bertz CT molecular complexity index is 1570. The van der Waals surface area contributed by atoms with Crippen molar-refractivity contribution in [3.8, 4) is 17.4 Å². The number of fused-ring (bicyclic) bond motifs is 1. The molecular weight excluding hydrogens is 541 g/mol. The van der Waals surface area contributed by atoms with Gasteiger partial charge in [0.25, 0.3) is 0 Å². The molecule has 1 aliphatic carbocycles. The number of carbonyl (C=O) groups excluding carboxylic acids is 2. The van der Waals surface area contributed by atoms with Gasteiger partial charge in [0.15, 0.2) is 0 Å². The highest BCUT2D eigenvalue weighted by Gasteiger charge is 2.56. The van der Waals surface area contributed by atoms with Crippen LogP contribution in [0.5, 0.6) is 17.4 Å². The largest absolute Gasteiger partial charge is 0.476 e. The standard InChI is InChI=1S/C31H30FN5O5/c32-21-1-3-22(4-2-21)35-29(38)31(10-11-31)30(39)36-23-5-7-24(8-6-23)42-27-9-12-33-26-19-28(34-20-25(26)27)41-18-15-37-13-16-40-17-14-37/h1-9,12,19-20H,10-11,13-18H2,(H,35,38)(H,36,39). The number of hydrogen-bond acceptors (Lipinski definition) is 8. The van der Waals surface area contributed by atoms with E-state index in [-0.39, 0.29) is 5.91 Å². The maximum atomic E-state index is 13.2. The average molecular weight is 572 g/mol. The van der Waals surface area contributed by atoms with Crippen molar-refractivity contribution in [3.05, 3.63) is 78.9 Å². The molecule has 0 bridgehead atoms. The number of anilines is 2. The summed E-state index contributed by atoms with van der Waals surface area (Å²) < 4.78 is 30.5. The molecule has 42 heavy (non-hydrogen) atoms. The van der Waals surface area contributed by atoms with E-state index in [9.17, 15) is 14.0 Å². The Morgan fingerprint density at radius 2 is 1.60 bits per heavy atom. The third-order valence-corrected chi connectivity index (χ3v) is 7.38. The first-order valence-electron chi connectivity index (χ1n) is 13.8. The van der Waals surface area contributed by atoms with E-state index in [1.54, 1.807) is 48.8 Å². The average Bonchev–Trinajstić information content (AvgIpc) is 3.83. The van der Waals surface area contributed by atoms with Crippen molar-refractivity contribution in [2.24, 2.45) is 5.41 Å². The molecule has 2 aliphatic rings. The molecule has 2 fully saturated rings. The van der Waals surface area contributed by atoms with Crippen LogP contribution in [0.15, 0.2) is 73.1 Å². The summed E-state index contributed by atoms with van der Waals surface area (Å²) in [6.45, 7) is 4.63. The highest BCUT2D eigenvalue weighted by Crippen LogP contribution is 2.47. The third-order valence-electron chi connectivity index (χ3n) is 7.38. The number of amides is 2. The van der Waals surface area contributed by atoms with Crippen molar-refractivity contribution in [1.82, 2.24) is 14.9 Å². The van der Waals surface area contributed by atoms with E-state index in [2.05, 4.69) is 25.5 Å². The first-order valence-corrected chi connectivity index (χ1v) is 13.8. The Balaban J connectivity index is 1.05. The first kappa shape index (κ1) is 27.6. The molecule has 216 valence electrons. The molecule has 0 atom stereocenters. The van der Waals surface area contributed by atoms with Crippen LogP contribution in [-0.4, -0.2) is 66.1 Å². The number of morpholine rings is 1.